The molecule has 0 unspecified atom stereocenters. The Bertz CT molecular complexity index is 692. The summed E-state index contributed by atoms with van der Waals surface area (Å²) in [4.78, 5) is 22.0. The van der Waals surface area contributed by atoms with E-state index in [1.165, 1.54) is 12.1 Å². The molecule has 5 nitrogen and oxygen atoms in total. The zero-order valence-electron chi connectivity index (χ0n) is 12.0. The van der Waals surface area contributed by atoms with Gasteiger partial charge in [-0.3, -0.25) is 0 Å². The molecule has 0 atom stereocenters. The van der Waals surface area contributed by atoms with Crippen LogP contribution in [0.3, 0.4) is 0 Å². The molecule has 0 aliphatic heterocycles. The lowest BCUT2D eigenvalue weighted by atomic mass is 9.94. The van der Waals surface area contributed by atoms with Crippen LogP contribution >= 0.6 is 0 Å². The molecule has 22 heavy (non-hydrogen) atoms. The Morgan fingerprint density at radius 1 is 0.909 bits per heavy atom. The Hall–Kier alpha value is -2.66. The molecular formula is C17H17NO4. The van der Waals surface area contributed by atoms with Crippen LogP contribution in [-0.4, -0.2) is 28.7 Å². The molecule has 0 amide bonds. The number of nitrogens with two attached hydrogens (primary N) is 1. The fraction of sp³-hybridized carbons (Fsp3) is 0.176. The molecule has 114 valence electrons. The number of hydrogen-bond acceptors (Lipinski definition) is 3. The molecule has 5 heteroatoms. The van der Waals surface area contributed by atoms with E-state index < -0.39 is 11.9 Å². The van der Waals surface area contributed by atoms with E-state index in [4.69, 9.17) is 15.9 Å². The molecular weight excluding hydrogens is 282 g/mol. The molecule has 0 aliphatic rings. The van der Waals surface area contributed by atoms with Gasteiger partial charge in [-0.25, -0.2) is 9.59 Å². The highest BCUT2D eigenvalue weighted by Crippen LogP contribution is 2.26. The lowest BCUT2D eigenvalue weighted by Gasteiger charge is -2.11. The van der Waals surface area contributed by atoms with Crippen molar-refractivity contribution in [2.24, 2.45) is 5.73 Å². The minimum absolute atomic E-state index is 0.217. The maximum atomic E-state index is 11.1. The molecule has 2 aromatic rings. The van der Waals surface area contributed by atoms with Gasteiger partial charge in [0.15, 0.2) is 0 Å². The van der Waals surface area contributed by atoms with Gasteiger partial charge in [-0.2, -0.15) is 0 Å². The fourth-order valence-electron chi connectivity index (χ4n) is 2.30. The van der Waals surface area contributed by atoms with Crippen molar-refractivity contribution in [3.63, 3.8) is 0 Å². The Morgan fingerprint density at radius 3 is 2.05 bits per heavy atom. The van der Waals surface area contributed by atoms with Crippen LogP contribution in [0.4, 0.5) is 0 Å². The smallest absolute Gasteiger partial charge is 0.335 e. The van der Waals surface area contributed by atoms with Crippen molar-refractivity contribution in [1.82, 2.24) is 0 Å². The van der Waals surface area contributed by atoms with E-state index >= 15 is 0 Å². The second-order valence-electron chi connectivity index (χ2n) is 4.95. The van der Waals surface area contributed by atoms with Gasteiger partial charge in [0.25, 0.3) is 0 Å². The van der Waals surface area contributed by atoms with Crippen LogP contribution in [-0.2, 0) is 6.42 Å². The van der Waals surface area contributed by atoms with Crippen LogP contribution in [0.15, 0.2) is 42.5 Å². The van der Waals surface area contributed by atoms with E-state index in [2.05, 4.69) is 0 Å². The molecule has 0 aromatic heterocycles. The number of carbonyl (C=O) groups is 2. The minimum Gasteiger partial charge on any atom is -0.478 e. The molecule has 0 fully saturated rings. The highest BCUT2D eigenvalue weighted by Gasteiger charge is 2.11. The van der Waals surface area contributed by atoms with Crippen molar-refractivity contribution < 1.29 is 19.8 Å². The Kier molecular flexibility index (Phi) is 4.91. The monoisotopic (exact) mass is 299 g/mol. The normalized spacial score (nSPS) is 10.4. The number of carboxylic acid groups (broad SMARTS) is 2. The first-order valence-corrected chi connectivity index (χ1v) is 6.93. The standard InChI is InChI=1S/C17H17NO4/c18-9-1-2-13-10-14(17(21)22)7-8-15(13)11-3-5-12(6-4-11)16(19)20/h3-8,10H,1-2,9,18H2,(H,19,20)(H,21,22). The van der Waals surface area contributed by atoms with Crippen molar-refractivity contribution in [1.29, 1.82) is 0 Å². The number of aromatic carboxylic acids is 2. The predicted octanol–water partition coefficient (Wildman–Crippen LogP) is 2.64. The third-order valence-corrected chi connectivity index (χ3v) is 3.45. The summed E-state index contributed by atoms with van der Waals surface area (Å²) in [5.74, 6) is -1.95. The fourth-order valence-corrected chi connectivity index (χ4v) is 2.30. The Balaban J connectivity index is 2.43. The number of carboxylic acids is 2. The summed E-state index contributed by atoms with van der Waals surface area (Å²) in [5.41, 5.74) is 8.64. The first-order chi connectivity index (χ1) is 10.5. The maximum absolute atomic E-state index is 11.1. The first-order valence-electron chi connectivity index (χ1n) is 6.93. The second kappa shape index (κ2) is 6.87. The summed E-state index contributed by atoms with van der Waals surface area (Å²) in [7, 11) is 0. The highest BCUT2D eigenvalue weighted by molar-refractivity contribution is 5.90. The molecule has 2 aromatic carbocycles. The molecule has 4 N–H and O–H groups in total. The van der Waals surface area contributed by atoms with E-state index in [1.54, 1.807) is 30.3 Å². The zero-order chi connectivity index (χ0) is 16.1. The molecule has 0 saturated carbocycles. The zero-order valence-corrected chi connectivity index (χ0v) is 12.0. The SMILES string of the molecule is NCCCc1cc(C(=O)O)ccc1-c1ccc(C(=O)O)cc1. The van der Waals surface area contributed by atoms with Crippen molar-refractivity contribution in [3.05, 3.63) is 59.2 Å². The molecule has 2 rings (SSSR count). The third kappa shape index (κ3) is 3.51. The predicted molar refractivity (Wildman–Crippen MR) is 83.2 cm³/mol. The highest BCUT2D eigenvalue weighted by atomic mass is 16.4. The molecule has 0 aliphatic carbocycles. The van der Waals surface area contributed by atoms with Gasteiger partial charge in [0, 0.05) is 0 Å². The van der Waals surface area contributed by atoms with Crippen LogP contribution in [0.5, 0.6) is 0 Å². The van der Waals surface area contributed by atoms with Gasteiger partial charge < -0.3 is 15.9 Å². The summed E-state index contributed by atoms with van der Waals surface area (Å²) in [6, 6.07) is 11.5. The number of rotatable bonds is 6. The van der Waals surface area contributed by atoms with Gasteiger partial charge in [-0.15, -0.1) is 0 Å². The largest absolute Gasteiger partial charge is 0.478 e. The topological polar surface area (TPSA) is 101 Å². The van der Waals surface area contributed by atoms with Crippen molar-refractivity contribution >= 4 is 11.9 Å². The molecule has 0 heterocycles. The minimum atomic E-state index is -0.976. The van der Waals surface area contributed by atoms with Crippen LogP contribution < -0.4 is 5.73 Å². The van der Waals surface area contributed by atoms with Crippen LogP contribution in [0.1, 0.15) is 32.7 Å². The summed E-state index contributed by atoms with van der Waals surface area (Å²) in [6.07, 6.45) is 1.43. The lowest BCUT2D eigenvalue weighted by molar-refractivity contribution is 0.0686. The first kappa shape index (κ1) is 15.7. The summed E-state index contributed by atoms with van der Waals surface area (Å²) < 4.78 is 0. The summed E-state index contributed by atoms with van der Waals surface area (Å²) in [5, 5.41) is 18.0. The molecule has 0 saturated heterocycles. The average Bonchev–Trinajstić information content (AvgIpc) is 2.52. The Morgan fingerprint density at radius 2 is 1.50 bits per heavy atom. The summed E-state index contributed by atoms with van der Waals surface area (Å²) >= 11 is 0. The molecule has 0 spiro atoms. The molecule has 0 bridgehead atoms. The van der Waals surface area contributed by atoms with Crippen LogP contribution in [0.25, 0.3) is 11.1 Å². The van der Waals surface area contributed by atoms with Crippen LogP contribution in [0.2, 0.25) is 0 Å². The maximum Gasteiger partial charge on any atom is 0.335 e. The lowest BCUT2D eigenvalue weighted by Crippen LogP contribution is -2.04. The van der Waals surface area contributed by atoms with Crippen molar-refractivity contribution in [2.45, 2.75) is 12.8 Å². The third-order valence-electron chi connectivity index (χ3n) is 3.45. The van der Waals surface area contributed by atoms with Crippen LogP contribution in [0, 0.1) is 0 Å². The van der Waals surface area contributed by atoms with Crippen molar-refractivity contribution in [3.8, 4) is 11.1 Å². The second-order valence-corrected chi connectivity index (χ2v) is 4.95. The van der Waals surface area contributed by atoms with E-state index in [0.29, 0.717) is 13.0 Å². The van der Waals surface area contributed by atoms with E-state index in [0.717, 1.165) is 23.1 Å². The quantitative estimate of drug-likeness (QED) is 0.761. The van der Waals surface area contributed by atoms with Gasteiger partial charge in [0.1, 0.15) is 0 Å². The van der Waals surface area contributed by atoms with E-state index in [1.807, 2.05) is 0 Å². The van der Waals surface area contributed by atoms with Gasteiger partial charge in [-0.1, -0.05) is 18.2 Å². The summed E-state index contributed by atoms with van der Waals surface area (Å²) in [6.45, 7) is 0.523. The number of benzene rings is 2. The van der Waals surface area contributed by atoms with Gasteiger partial charge >= 0.3 is 11.9 Å². The van der Waals surface area contributed by atoms with Gasteiger partial charge in [0.05, 0.1) is 11.1 Å². The Labute approximate surface area is 128 Å². The number of aryl methyl sites for hydroxylation is 1. The van der Waals surface area contributed by atoms with E-state index in [9.17, 15) is 9.59 Å². The van der Waals surface area contributed by atoms with Crippen molar-refractivity contribution in [2.75, 3.05) is 6.54 Å². The molecule has 0 radical (unpaired) electrons. The van der Waals surface area contributed by atoms with Gasteiger partial charge in [-0.05, 0) is 60.3 Å². The average molecular weight is 299 g/mol. The van der Waals surface area contributed by atoms with Gasteiger partial charge in [0.2, 0.25) is 0 Å². The van der Waals surface area contributed by atoms with E-state index in [-0.39, 0.29) is 11.1 Å². The number of hydrogen-bond donors (Lipinski definition) is 3.